The number of nitrogens with zero attached hydrogens (tertiary/aromatic N) is 5. The average molecular weight is 341 g/mol. The Labute approximate surface area is 144 Å². The fourth-order valence-corrected chi connectivity index (χ4v) is 3.15. The molecule has 1 aliphatic heterocycles. The molecule has 1 atom stereocenters. The molecule has 3 aromatic rings. The smallest absolute Gasteiger partial charge is 0.257 e. The number of hydrogen-bond acceptors (Lipinski definition) is 5. The maximum Gasteiger partial charge on any atom is 0.257 e. The topological polar surface area (TPSA) is 89.3 Å². The van der Waals surface area contributed by atoms with Gasteiger partial charge in [0.25, 0.3) is 5.91 Å². The van der Waals surface area contributed by atoms with Crippen molar-refractivity contribution < 1.29 is 14.3 Å². The monoisotopic (exact) mass is 341 g/mol. The number of aliphatic hydroxyl groups excluding tert-OH is 1. The second-order valence-corrected chi connectivity index (χ2v) is 6.20. The largest absolute Gasteiger partial charge is 0.469 e. The highest BCUT2D eigenvalue weighted by atomic mass is 16.3. The third-order valence-corrected chi connectivity index (χ3v) is 4.58. The van der Waals surface area contributed by atoms with E-state index in [-0.39, 0.29) is 5.91 Å². The first-order valence-corrected chi connectivity index (χ1v) is 8.10. The number of fused-ring (bicyclic) bond motifs is 1. The first-order valence-electron chi connectivity index (χ1n) is 8.10. The summed E-state index contributed by atoms with van der Waals surface area (Å²) >= 11 is 0. The third kappa shape index (κ3) is 2.64. The zero-order chi connectivity index (χ0) is 17.6. The Morgan fingerprint density at radius 3 is 2.92 bits per heavy atom. The van der Waals surface area contributed by atoms with Crippen LogP contribution in [0.1, 0.15) is 39.4 Å². The van der Waals surface area contributed by atoms with Gasteiger partial charge in [-0.15, -0.1) is 0 Å². The van der Waals surface area contributed by atoms with Gasteiger partial charge in [-0.25, -0.2) is 4.98 Å². The summed E-state index contributed by atoms with van der Waals surface area (Å²) in [4.78, 5) is 18.6. The summed E-state index contributed by atoms with van der Waals surface area (Å²) in [5.74, 6) is 1.11. The van der Waals surface area contributed by atoms with Gasteiger partial charge >= 0.3 is 0 Å². The average Bonchev–Trinajstić information content (AvgIpc) is 3.32. The molecule has 25 heavy (non-hydrogen) atoms. The van der Waals surface area contributed by atoms with Gasteiger partial charge in [0.15, 0.2) is 6.10 Å². The van der Waals surface area contributed by atoms with Crippen LogP contribution in [-0.4, -0.2) is 41.8 Å². The van der Waals surface area contributed by atoms with E-state index in [0.717, 1.165) is 5.69 Å². The minimum Gasteiger partial charge on any atom is -0.469 e. The van der Waals surface area contributed by atoms with E-state index in [1.54, 1.807) is 34.9 Å². The van der Waals surface area contributed by atoms with Crippen molar-refractivity contribution in [3.8, 4) is 0 Å². The summed E-state index contributed by atoms with van der Waals surface area (Å²) < 4.78 is 8.83. The third-order valence-electron chi connectivity index (χ3n) is 4.58. The van der Waals surface area contributed by atoms with Crippen LogP contribution >= 0.6 is 0 Å². The highest BCUT2D eigenvalue weighted by Gasteiger charge is 2.27. The molecule has 0 saturated carbocycles. The van der Waals surface area contributed by atoms with Crippen LogP contribution in [0.5, 0.6) is 0 Å². The van der Waals surface area contributed by atoms with E-state index < -0.39 is 6.10 Å². The molecule has 0 unspecified atom stereocenters. The number of rotatable bonds is 3. The van der Waals surface area contributed by atoms with E-state index in [1.807, 2.05) is 17.8 Å². The second-order valence-electron chi connectivity index (χ2n) is 6.20. The van der Waals surface area contributed by atoms with Crippen molar-refractivity contribution in [1.82, 2.24) is 24.2 Å². The maximum absolute atomic E-state index is 12.6. The fraction of sp³-hybridized carbons (Fsp3) is 0.353. The lowest BCUT2D eigenvalue weighted by atomic mass is 10.2. The van der Waals surface area contributed by atoms with E-state index in [1.165, 1.54) is 6.26 Å². The van der Waals surface area contributed by atoms with Gasteiger partial charge in [0, 0.05) is 26.0 Å². The first-order chi connectivity index (χ1) is 12.0. The van der Waals surface area contributed by atoms with E-state index in [9.17, 15) is 9.90 Å². The lowest BCUT2D eigenvalue weighted by Gasteiger charge is -2.27. The summed E-state index contributed by atoms with van der Waals surface area (Å²) in [6.45, 7) is 3.38. The molecule has 0 radical (unpaired) electrons. The van der Waals surface area contributed by atoms with Gasteiger partial charge in [-0.2, -0.15) is 5.10 Å². The Kier molecular flexibility index (Phi) is 3.69. The van der Waals surface area contributed by atoms with E-state index in [2.05, 4.69) is 10.1 Å². The minimum atomic E-state index is -0.890. The number of furan rings is 1. The molecule has 4 rings (SSSR count). The number of imidazole rings is 1. The van der Waals surface area contributed by atoms with Crippen LogP contribution in [0.3, 0.4) is 0 Å². The van der Waals surface area contributed by atoms with E-state index in [4.69, 9.17) is 4.42 Å². The minimum absolute atomic E-state index is 0.0510. The Morgan fingerprint density at radius 1 is 1.40 bits per heavy atom. The van der Waals surface area contributed by atoms with Crippen LogP contribution < -0.4 is 0 Å². The van der Waals surface area contributed by atoms with Crippen molar-refractivity contribution in [3.63, 3.8) is 0 Å². The molecular weight excluding hydrogens is 322 g/mol. The summed E-state index contributed by atoms with van der Waals surface area (Å²) in [5.41, 5.74) is 2.02. The van der Waals surface area contributed by atoms with Crippen molar-refractivity contribution in [1.29, 1.82) is 0 Å². The molecule has 3 aromatic heterocycles. The van der Waals surface area contributed by atoms with Crippen molar-refractivity contribution in [2.75, 3.05) is 6.54 Å². The zero-order valence-electron chi connectivity index (χ0n) is 14.1. The Balaban J connectivity index is 1.56. The summed E-state index contributed by atoms with van der Waals surface area (Å²) in [6, 6.07) is 3.53. The molecule has 0 fully saturated rings. The van der Waals surface area contributed by atoms with Gasteiger partial charge in [-0.1, -0.05) is 0 Å². The number of carbonyl (C=O) groups excluding carboxylic acids is 1. The molecule has 8 nitrogen and oxygen atoms in total. The Hall–Kier alpha value is -2.87. The van der Waals surface area contributed by atoms with Gasteiger partial charge < -0.3 is 19.0 Å². The summed E-state index contributed by atoms with van der Waals surface area (Å²) in [7, 11) is 1.83. The molecule has 1 N–H and O–H groups in total. The van der Waals surface area contributed by atoms with Crippen LogP contribution in [0, 0.1) is 6.92 Å². The van der Waals surface area contributed by atoms with Crippen LogP contribution in [0.25, 0.3) is 0 Å². The van der Waals surface area contributed by atoms with E-state index >= 15 is 0 Å². The lowest BCUT2D eigenvalue weighted by molar-refractivity contribution is 0.0704. The van der Waals surface area contributed by atoms with Gasteiger partial charge in [0.1, 0.15) is 11.6 Å². The molecule has 0 bridgehead atoms. The maximum atomic E-state index is 12.6. The van der Waals surface area contributed by atoms with Crippen molar-refractivity contribution >= 4 is 5.91 Å². The molecule has 4 heterocycles. The van der Waals surface area contributed by atoms with Gasteiger partial charge in [0.05, 0.1) is 36.3 Å². The first kappa shape index (κ1) is 15.6. The molecule has 130 valence electrons. The highest BCUT2D eigenvalue weighted by Crippen LogP contribution is 2.23. The number of carbonyl (C=O) groups is 1. The molecule has 0 spiro atoms. The van der Waals surface area contributed by atoms with Crippen molar-refractivity contribution in [2.45, 2.75) is 26.1 Å². The molecular formula is C17H19N5O3. The standard InChI is InChI=1S/C17H19N5O3/c1-11-13(3-8-25-11)17(24)21-6-7-22-12(10-21)9-14(19-22)15(23)16-18-4-5-20(16)2/h3-5,8-9,15,23H,6-7,10H2,1-2H3/t15-/m1/s1. The van der Waals surface area contributed by atoms with Crippen molar-refractivity contribution in [2.24, 2.45) is 7.05 Å². The van der Waals surface area contributed by atoms with Crippen LogP contribution in [-0.2, 0) is 20.1 Å². The Morgan fingerprint density at radius 2 is 2.24 bits per heavy atom. The van der Waals surface area contributed by atoms with E-state index in [0.29, 0.717) is 42.5 Å². The summed E-state index contributed by atoms with van der Waals surface area (Å²) in [6.07, 6.45) is 4.06. The van der Waals surface area contributed by atoms with Gasteiger partial charge in [-0.05, 0) is 19.1 Å². The molecule has 1 amide bonds. The Bertz CT molecular complexity index is 923. The zero-order valence-corrected chi connectivity index (χ0v) is 14.1. The fourth-order valence-electron chi connectivity index (χ4n) is 3.15. The van der Waals surface area contributed by atoms with Gasteiger partial charge in [0.2, 0.25) is 0 Å². The number of aromatic nitrogens is 4. The lowest BCUT2D eigenvalue weighted by Crippen LogP contribution is -2.38. The number of aliphatic hydroxyl groups is 1. The molecule has 0 aliphatic carbocycles. The van der Waals surface area contributed by atoms with Crippen LogP contribution in [0.15, 0.2) is 35.2 Å². The number of amides is 1. The molecule has 1 aliphatic rings. The SMILES string of the molecule is Cc1occc1C(=O)N1CCn2nc([C@@H](O)c3nccn3C)cc2C1. The number of aryl methyl sites for hydroxylation is 2. The van der Waals surface area contributed by atoms with Crippen molar-refractivity contribution in [3.05, 3.63) is 59.3 Å². The number of hydrogen-bond donors (Lipinski definition) is 1. The molecule has 8 heteroatoms. The highest BCUT2D eigenvalue weighted by molar-refractivity contribution is 5.95. The second kappa shape index (κ2) is 5.89. The predicted molar refractivity (Wildman–Crippen MR) is 87.7 cm³/mol. The molecule has 0 saturated heterocycles. The normalized spacial score (nSPS) is 15.2. The van der Waals surface area contributed by atoms with Gasteiger partial charge in [-0.3, -0.25) is 9.48 Å². The summed E-state index contributed by atoms with van der Waals surface area (Å²) in [5, 5.41) is 15.0. The van der Waals surface area contributed by atoms with Crippen LogP contribution in [0.2, 0.25) is 0 Å². The quantitative estimate of drug-likeness (QED) is 0.774. The molecule has 0 aromatic carbocycles. The predicted octanol–water partition coefficient (Wildman–Crippen LogP) is 1.26. The van der Waals surface area contributed by atoms with Crippen LogP contribution in [0.4, 0.5) is 0 Å².